The largest absolute Gasteiger partial charge is 0.469 e. The topological polar surface area (TPSA) is 106 Å². The third-order valence-corrected chi connectivity index (χ3v) is 4.47. The second kappa shape index (κ2) is 7.24. The van der Waals surface area contributed by atoms with Crippen LogP contribution in [0.5, 0.6) is 0 Å². The number of carbonyl (C=O) groups is 2. The van der Waals surface area contributed by atoms with Crippen molar-refractivity contribution in [1.82, 2.24) is 19.3 Å². The standard InChI is InChI=1S/C15H17ClN4O5/c1-24-12(21)3-2-9-8-25-11(7-20(9)15(22)23)14-18-6-10-13(16)17-4-5-19(10)14/h4-6,9,11H,2-3,7-8H2,1H3,(H,22,23). The number of carboxylic acid groups (broad SMARTS) is 1. The van der Waals surface area contributed by atoms with Crippen molar-refractivity contribution in [3.63, 3.8) is 0 Å². The Balaban J connectivity index is 1.78. The Kier molecular flexibility index (Phi) is 5.05. The Hall–Kier alpha value is -2.39. The minimum absolute atomic E-state index is 0.111. The number of carbonyl (C=O) groups excluding carboxylic acids is 1. The number of amides is 1. The van der Waals surface area contributed by atoms with E-state index < -0.39 is 18.2 Å². The molecule has 1 fully saturated rings. The van der Waals surface area contributed by atoms with E-state index in [0.717, 1.165) is 0 Å². The fourth-order valence-electron chi connectivity index (χ4n) is 2.87. The lowest BCUT2D eigenvalue weighted by molar-refractivity contribution is -0.141. The molecule has 0 bridgehead atoms. The molecule has 1 amide bonds. The molecule has 10 heteroatoms. The summed E-state index contributed by atoms with van der Waals surface area (Å²) in [5.41, 5.74) is 0.623. The molecule has 9 nitrogen and oxygen atoms in total. The number of morpholine rings is 1. The molecule has 2 atom stereocenters. The zero-order valence-corrected chi connectivity index (χ0v) is 14.2. The van der Waals surface area contributed by atoms with Gasteiger partial charge in [0.2, 0.25) is 0 Å². The summed E-state index contributed by atoms with van der Waals surface area (Å²) in [5.74, 6) is 0.172. The Morgan fingerprint density at radius 3 is 3.00 bits per heavy atom. The fourth-order valence-corrected chi connectivity index (χ4v) is 3.06. The number of hydrogen-bond acceptors (Lipinski definition) is 6. The van der Waals surface area contributed by atoms with Gasteiger partial charge in [0.25, 0.3) is 0 Å². The average molecular weight is 369 g/mol. The number of halogens is 1. The van der Waals surface area contributed by atoms with E-state index in [9.17, 15) is 14.7 Å². The van der Waals surface area contributed by atoms with Crippen LogP contribution in [0.15, 0.2) is 18.6 Å². The monoisotopic (exact) mass is 368 g/mol. The summed E-state index contributed by atoms with van der Waals surface area (Å²) in [7, 11) is 1.30. The molecule has 1 saturated heterocycles. The van der Waals surface area contributed by atoms with Crippen LogP contribution in [-0.2, 0) is 14.3 Å². The molecule has 1 aliphatic heterocycles. The molecule has 2 aromatic rings. The van der Waals surface area contributed by atoms with E-state index in [-0.39, 0.29) is 25.5 Å². The molecule has 0 radical (unpaired) electrons. The summed E-state index contributed by atoms with van der Waals surface area (Å²) in [4.78, 5) is 32.5. The van der Waals surface area contributed by atoms with Crippen molar-refractivity contribution in [2.75, 3.05) is 20.3 Å². The van der Waals surface area contributed by atoms with E-state index >= 15 is 0 Å². The number of imidazole rings is 1. The number of fused-ring (bicyclic) bond motifs is 1. The molecule has 0 saturated carbocycles. The van der Waals surface area contributed by atoms with Crippen molar-refractivity contribution in [3.8, 4) is 0 Å². The van der Waals surface area contributed by atoms with Crippen molar-refractivity contribution in [1.29, 1.82) is 0 Å². The molecule has 3 rings (SSSR count). The minimum atomic E-state index is -1.07. The molecule has 2 unspecified atom stereocenters. The molecule has 25 heavy (non-hydrogen) atoms. The Bertz CT molecular complexity index is 795. The van der Waals surface area contributed by atoms with Gasteiger partial charge < -0.3 is 14.6 Å². The van der Waals surface area contributed by atoms with Crippen molar-refractivity contribution >= 4 is 29.2 Å². The molecular formula is C15H17ClN4O5. The summed E-state index contributed by atoms with van der Waals surface area (Å²) in [6.45, 7) is 0.280. The zero-order chi connectivity index (χ0) is 18.0. The normalized spacial score (nSPS) is 20.6. The summed E-state index contributed by atoms with van der Waals surface area (Å²) in [6, 6.07) is -0.413. The van der Waals surface area contributed by atoms with E-state index in [1.807, 2.05) is 0 Å². The SMILES string of the molecule is COC(=O)CCC1COC(c2ncc3c(Cl)nccn23)CN1C(=O)O. The van der Waals surface area contributed by atoms with Gasteiger partial charge in [-0.1, -0.05) is 11.6 Å². The molecular weight excluding hydrogens is 352 g/mol. The fraction of sp³-hybridized carbons (Fsp3) is 0.467. The van der Waals surface area contributed by atoms with Crippen molar-refractivity contribution in [3.05, 3.63) is 29.6 Å². The van der Waals surface area contributed by atoms with Gasteiger partial charge in [-0.25, -0.2) is 14.8 Å². The number of ether oxygens (including phenoxy) is 2. The molecule has 1 aliphatic rings. The third kappa shape index (κ3) is 3.52. The van der Waals surface area contributed by atoms with Gasteiger partial charge in [0.05, 0.1) is 32.5 Å². The lowest BCUT2D eigenvalue weighted by Crippen LogP contribution is -2.49. The van der Waals surface area contributed by atoms with Crippen molar-refractivity contribution in [2.24, 2.45) is 0 Å². The first-order valence-corrected chi connectivity index (χ1v) is 8.04. The molecule has 3 heterocycles. The molecule has 0 spiro atoms. The Labute approximate surface area is 148 Å². The van der Waals surface area contributed by atoms with Gasteiger partial charge in [-0.3, -0.25) is 14.1 Å². The van der Waals surface area contributed by atoms with E-state index in [0.29, 0.717) is 22.9 Å². The van der Waals surface area contributed by atoms with Crippen LogP contribution in [0.4, 0.5) is 4.79 Å². The molecule has 2 aromatic heterocycles. The lowest BCUT2D eigenvalue weighted by atomic mass is 10.1. The lowest BCUT2D eigenvalue weighted by Gasteiger charge is -2.37. The van der Waals surface area contributed by atoms with E-state index in [1.165, 1.54) is 18.2 Å². The first-order valence-electron chi connectivity index (χ1n) is 7.66. The maximum atomic E-state index is 11.6. The number of aromatic nitrogens is 3. The quantitative estimate of drug-likeness (QED) is 0.819. The smallest absolute Gasteiger partial charge is 0.407 e. The average Bonchev–Trinajstić information content (AvgIpc) is 3.05. The van der Waals surface area contributed by atoms with Crippen LogP contribution in [0.25, 0.3) is 5.52 Å². The minimum Gasteiger partial charge on any atom is -0.469 e. The van der Waals surface area contributed by atoms with Gasteiger partial charge in [-0.15, -0.1) is 0 Å². The highest BCUT2D eigenvalue weighted by molar-refractivity contribution is 6.32. The first-order chi connectivity index (χ1) is 12.0. The first kappa shape index (κ1) is 17.4. The maximum absolute atomic E-state index is 11.6. The molecule has 134 valence electrons. The second-order valence-corrected chi connectivity index (χ2v) is 5.97. The van der Waals surface area contributed by atoms with E-state index in [4.69, 9.17) is 16.3 Å². The summed E-state index contributed by atoms with van der Waals surface area (Å²) in [5, 5.41) is 9.81. The van der Waals surface area contributed by atoms with Gasteiger partial charge >= 0.3 is 12.1 Å². The second-order valence-electron chi connectivity index (χ2n) is 5.62. The molecule has 0 aromatic carbocycles. The predicted octanol–water partition coefficient (Wildman–Crippen LogP) is 1.76. The van der Waals surface area contributed by atoms with Crippen LogP contribution >= 0.6 is 11.6 Å². The Morgan fingerprint density at radius 2 is 2.28 bits per heavy atom. The third-order valence-electron chi connectivity index (χ3n) is 4.18. The van der Waals surface area contributed by atoms with Crippen LogP contribution in [0.3, 0.4) is 0 Å². The van der Waals surface area contributed by atoms with Gasteiger partial charge in [-0.2, -0.15) is 0 Å². The molecule has 1 N–H and O–H groups in total. The van der Waals surface area contributed by atoms with E-state index in [2.05, 4.69) is 14.7 Å². The zero-order valence-electron chi connectivity index (χ0n) is 13.5. The van der Waals surface area contributed by atoms with Gasteiger partial charge in [0.1, 0.15) is 17.4 Å². The van der Waals surface area contributed by atoms with Gasteiger partial charge in [0, 0.05) is 18.8 Å². The molecule has 0 aliphatic carbocycles. The number of nitrogens with zero attached hydrogens (tertiary/aromatic N) is 4. The number of rotatable bonds is 4. The number of hydrogen-bond donors (Lipinski definition) is 1. The highest BCUT2D eigenvalue weighted by atomic mass is 35.5. The Morgan fingerprint density at radius 1 is 1.48 bits per heavy atom. The number of methoxy groups -OCH3 is 1. The van der Waals surface area contributed by atoms with Crippen LogP contribution in [0, 0.1) is 0 Å². The summed E-state index contributed by atoms with van der Waals surface area (Å²) < 4.78 is 12.2. The van der Waals surface area contributed by atoms with Gasteiger partial charge in [0.15, 0.2) is 5.15 Å². The van der Waals surface area contributed by atoms with Crippen LogP contribution in [0.1, 0.15) is 24.8 Å². The van der Waals surface area contributed by atoms with Crippen molar-refractivity contribution in [2.45, 2.75) is 25.0 Å². The van der Waals surface area contributed by atoms with E-state index in [1.54, 1.807) is 16.8 Å². The van der Waals surface area contributed by atoms with Crippen LogP contribution in [-0.4, -0.2) is 62.7 Å². The van der Waals surface area contributed by atoms with Gasteiger partial charge in [-0.05, 0) is 6.42 Å². The number of esters is 1. The summed E-state index contributed by atoms with van der Waals surface area (Å²) in [6.07, 6.45) is 3.67. The maximum Gasteiger partial charge on any atom is 0.407 e. The van der Waals surface area contributed by atoms with Crippen LogP contribution in [0.2, 0.25) is 5.15 Å². The summed E-state index contributed by atoms with van der Waals surface area (Å²) >= 11 is 6.04. The highest BCUT2D eigenvalue weighted by Gasteiger charge is 2.35. The highest BCUT2D eigenvalue weighted by Crippen LogP contribution is 2.27. The predicted molar refractivity (Wildman–Crippen MR) is 86.5 cm³/mol. The van der Waals surface area contributed by atoms with Crippen LogP contribution < -0.4 is 0 Å². The van der Waals surface area contributed by atoms with Crippen molar-refractivity contribution < 1.29 is 24.2 Å².